The summed E-state index contributed by atoms with van der Waals surface area (Å²) in [6.07, 6.45) is 1.53. The molecular formula is C16H11ClN3O3S2-. The number of hydrogen-bond acceptors (Lipinski definition) is 7. The van der Waals surface area contributed by atoms with Gasteiger partial charge in [-0.2, -0.15) is 0 Å². The van der Waals surface area contributed by atoms with Crippen molar-refractivity contribution in [3.63, 3.8) is 0 Å². The van der Waals surface area contributed by atoms with Gasteiger partial charge in [-0.25, -0.2) is 4.98 Å². The molecule has 3 aromatic rings. The minimum Gasteiger partial charge on any atom is -0.544 e. The third-order valence-corrected chi connectivity index (χ3v) is 5.02. The minimum absolute atomic E-state index is 0.0195. The van der Waals surface area contributed by atoms with E-state index in [9.17, 15) is 9.90 Å². The number of carbonyl (C=O) groups is 1. The smallest absolute Gasteiger partial charge is 0.213 e. The average molecular weight is 393 g/mol. The SMILES string of the molecule is COc1ccc(Cl)cc1-c1nc(S/C(=C\c2cccs2)C(=O)[O-])n[nH]1. The number of halogens is 1. The lowest BCUT2D eigenvalue weighted by atomic mass is 10.2. The van der Waals surface area contributed by atoms with E-state index in [-0.39, 0.29) is 10.1 Å². The number of aromatic nitrogens is 3. The molecule has 0 atom stereocenters. The first kappa shape index (κ1) is 17.5. The number of carboxylic acids is 1. The highest BCUT2D eigenvalue weighted by Crippen LogP contribution is 2.32. The van der Waals surface area contributed by atoms with Crippen LogP contribution < -0.4 is 9.84 Å². The number of nitrogens with one attached hydrogen (secondary N) is 1. The van der Waals surface area contributed by atoms with Crippen molar-refractivity contribution in [2.75, 3.05) is 7.11 Å². The molecule has 2 heterocycles. The number of hydrogen-bond donors (Lipinski definition) is 1. The van der Waals surface area contributed by atoms with Crippen LogP contribution in [0.3, 0.4) is 0 Å². The second-order valence-corrected chi connectivity index (χ2v) is 7.15. The highest BCUT2D eigenvalue weighted by atomic mass is 35.5. The Bertz CT molecular complexity index is 923. The zero-order valence-electron chi connectivity index (χ0n) is 12.9. The van der Waals surface area contributed by atoms with Gasteiger partial charge in [-0.15, -0.1) is 16.4 Å². The Hall–Kier alpha value is -2.29. The van der Waals surface area contributed by atoms with Crippen molar-refractivity contribution in [3.8, 4) is 17.1 Å². The molecule has 6 nitrogen and oxygen atoms in total. The van der Waals surface area contributed by atoms with Crippen LogP contribution in [0.5, 0.6) is 5.75 Å². The molecule has 2 aromatic heterocycles. The molecule has 0 saturated carbocycles. The number of carboxylic acid groups (broad SMARTS) is 1. The molecule has 1 aromatic carbocycles. The predicted octanol–water partition coefficient (Wildman–Crippen LogP) is 3.08. The standard InChI is InChI=1S/C16H12ClN3O3S2/c1-23-12-5-4-9(17)7-11(12)14-18-16(20-19-14)25-13(15(21)22)8-10-3-2-6-24-10/h2-8H,1H3,(H,21,22)(H,18,19,20)/p-1/b13-8-. The number of ether oxygens (including phenoxy) is 1. The van der Waals surface area contributed by atoms with E-state index < -0.39 is 5.97 Å². The van der Waals surface area contributed by atoms with E-state index in [1.807, 2.05) is 17.5 Å². The van der Waals surface area contributed by atoms with Crippen LogP contribution in [-0.2, 0) is 4.79 Å². The van der Waals surface area contributed by atoms with Crippen molar-refractivity contribution in [3.05, 3.63) is 50.5 Å². The van der Waals surface area contributed by atoms with Crippen molar-refractivity contribution in [2.45, 2.75) is 5.16 Å². The molecule has 1 N–H and O–H groups in total. The Morgan fingerprint density at radius 2 is 2.28 bits per heavy atom. The molecule has 0 amide bonds. The Kier molecular flexibility index (Phi) is 5.42. The quantitative estimate of drug-likeness (QED) is 0.512. The van der Waals surface area contributed by atoms with E-state index in [2.05, 4.69) is 15.2 Å². The van der Waals surface area contributed by atoms with Crippen LogP contribution in [-0.4, -0.2) is 28.3 Å². The summed E-state index contributed by atoms with van der Waals surface area (Å²) in [6.45, 7) is 0. The van der Waals surface area contributed by atoms with Crippen LogP contribution >= 0.6 is 34.7 Å². The second kappa shape index (κ2) is 7.73. The van der Waals surface area contributed by atoms with Crippen LogP contribution in [0.1, 0.15) is 4.88 Å². The van der Waals surface area contributed by atoms with Crippen LogP contribution in [0.4, 0.5) is 0 Å². The van der Waals surface area contributed by atoms with E-state index in [1.165, 1.54) is 24.5 Å². The van der Waals surface area contributed by atoms with Gasteiger partial charge < -0.3 is 14.6 Å². The number of H-pyrrole nitrogens is 1. The minimum atomic E-state index is -1.29. The summed E-state index contributed by atoms with van der Waals surface area (Å²) in [4.78, 5) is 16.5. The Morgan fingerprint density at radius 1 is 1.44 bits per heavy atom. The molecule has 3 rings (SSSR count). The first-order valence-corrected chi connectivity index (χ1v) is 9.05. The average Bonchev–Trinajstić information content (AvgIpc) is 3.26. The van der Waals surface area contributed by atoms with Gasteiger partial charge in [0.15, 0.2) is 5.82 Å². The van der Waals surface area contributed by atoms with Crippen molar-refractivity contribution >= 4 is 46.7 Å². The molecule has 0 aliphatic rings. The molecule has 0 bridgehead atoms. The lowest BCUT2D eigenvalue weighted by molar-refractivity contribution is -0.297. The summed E-state index contributed by atoms with van der Waals surface area (Å²) in [5.74, 6) is -0.285. The molecule has 0 spiro atoms. The fourth-order valence-electron chi connectivity index (χ4n) is 2.01. The van der Waals surface area contributed by atoms with Gasteiger partial charge in [0.25, 0.3) is 0 Å². The van der Waals surface area contributed by atoms with Crippen molar-refractivity contribution in [1.29, 1.82) is 0 Å². The molecule has 0 saturated heterocycles. The maximum atomic E-state index is 11.4. The van der Waals surface area contributed by atoms with E-state index in [0.717, 1.165) is 16.6 Å². The topological polar surface area (TPSA) is 90.9 Å². The Morgan fingerprint density at radius 3 is 2.96 bits per heavy atom. The van der Waals surface area contributed by atoms with Crippen LogP contribution in [0.2, 0.25) is 5.02 Å². The summed E-state index contributed by atoms with van der Waals surface area (Å²) in [5, 5.41) is 20.8. The highest BCUT2D eigenvalue weighted by molar-refractivity contribution is 8.04. The molecule has 0 radical (unpaired) electrons. The number of carbonyl (C=O) groups excluding carboxylic acids is 1. The molecule has 128 valence electrons. The summed E-state index contributed by atoms with van der Waals surface area (Å²) < 4.78 is 5.29. The molecule has 0 aliphatic heterocycles. The fraction of sp³-hybridized carbons (Fsp3) is 0.0625. The summed E-state index contributed by atoms with van der Waals surface area (Å²) in [6, 6.07) is 8.76. The van der Waals surface area contributed by atoms with Gasteiger partial charge >= 0.3 is 0 Å². The third-order valence-electron chi connectivity index (χ3n) is 3.10. The molecule has 9 heteroatoms. The first-order chi connectivity index (χ1) is 12.1. The molecule has 25 heavy (non-hydrogen) atoms. The van der Waals surface area contributed by atoms with Gasteiger partial charge in [0.05, 0.1) is 18.6 Å². The highest BCUT2D eigenvalue weighted by Gasteiger charge is 2.14. The van der Waals surface area contributed by atoms with Crippen molar-refractivity contribution < 1.29 is 14.6 Å². The summed E-state index contributed by atoms with van der Waals surface area (Å²) in [5.41, 5.74) is 0.631. The normalized spacial score (nSPS) is 11.5. The lowest BCUT2D eigenvalue weighted by Gasteiger charge is -2.06. The van der Waals surface area contributed by atoms with Crippen LogP contribution in [0.15, 0.2) is 45.8 Å². The number of nitrogens with zero attached hydrogens (tertiary/aromatic N) is 2. The van der Waals surface area contributed by atoms with Gasteiger partial charge in [-0.3, -0.25) is 5.10 Å². The number of rotatable bonds is 6. The third kappa shape index (κ3) is 4.22. The fourth-order valence-corrected chi connectivity index (χ4v) is 3.61. The molecule has 0 fully saturated rings. The maximum Gasteiger partial charge on any atom is 0.213 e. The Labute approximate surface area is 156 Å². The number of benzene rings is 1. The van der Waals surface area contributed by atoms with Gasteiger partial charge in [0.2, 0.25) is 5.16 Å². The predicted molar refractivity (Wildman–Crippen MR) is 96.5 cm³/mol. The van der Waals surface area contributed by atoms with Gasteiger partial charge in [-0.1, -0.05) is 17.7 Å². The largest absolute Gasteiger partial charge is 0.544 e. The number of thioether (sulfide) groups is 1. The van der Waals surface area contributed by atoms with Crippen LogP contribution in [0, 0.1) is 0 Å². The zero-order valence-corrected chi connectivity index (χ0v) is 15.2. The summed E-state index contributed by atoms with van der Waals surface area (Å²) >= 11 is 8.35. The van der Waals surface area contributed by atoms with E-state index in [4.69, 9.17) is 16.3 Å². The number of aliphatic carboxylic acids is 1. The maximum absolute atomic E-state index is 11.4. The number of methoxy groups -OCH3 is 1. The number of thiophene rings is 1. The Balaban J connectivity index is 1.89. The zero-order chi connectivity index (χ0) is 17.8. The van der Waals surface area contributed by atoms with Gasteiger partial charge in [0, 0.05) is 14.8 Å². The molecular weight excluding hydrogens is 382 g/mol. The van der Waals surface area contributed by atoms with Crippen molar-refractivity contribution in [1.82, 2.24) is 15.2 Å². The number of aromatic amines is 1. The second-order valence-electron chi connectivity index (χ2n) is 4.72. The van der Waals surface area contributed by atoms with Gasteiger partial charge in [0.1, 0.15) is 5.75 Å². The summed E-state index contributed by atoms with van der Waals surface area (Å²) in [7, 11) is 1.54. The van der Waals surface area contributed by atoms with E-state index in [0.29, 0.717) is 22.2 Å². The van der Waals surface area contributed by atoms with Crippen molar-refractivity contribution in [2.24, 2.45) is 0 Å². The first-order valence-electron chi connectivity index (χ1n) is 6.97. The monoisotopic (exact) mass is 392 g/mol. The lowest BCUT2D eigenvalue weighted by Crippen LogP contribution is -2.23. The van der Waals surface area contributed by atoms with E-state index in [1.54, 1.807) is 18.2 Å². The van der Waals surface area contributed by atoms with Gasteiger partial charge in [-0.05, 0) is 47.5 Å². The molecule has 0 aliphatic carbocycles. The van der Waals surface area contributed by atoms with Crippen LogP contribution in [0.25, 0.3) is 17.5 Å². The molecule has 0 unspecified atom stereocenters. The van der Waals surface area contributed by atoms with E-state index >= 15 is 0 Å².